The topological polar surface area (TPSA) is 68.4 Å². The predicted octanol–water partition coefficient (Wildman–Crippen LogP) is 2.16. The van der Waals surface area contributed by atoms with Crippen molar-refractivity contribution in [3.8, 4) is 17.2 Å². The third-order valence-electron chi connectivity index (χ3n) is 2.41. The van der Waals surface area contributed by atoms with Crippen molar-refractivity contribution in [1.29, 1.82) is 0 Å². The highest BCUT2D eigenvalue weighted by atomic mass is 19.1. The number of aryl methyl sites for hydroxylation is 1. The number of nitrogens with zero attached hydrogens (tertiary/aromatic N) is 2. The Balaban J connectivity index is 2.16. The lowest BCUT2D eigenvalue weighted by Crippen LogP contribution is -1.94. The molecule has 5 nitrogen and oxygen atoms in total. The van der Waals surface area contributed by atoms with Gasteiger partial charge in [0, 0.05) is 20.1 Å². The van der Waals surface area contributed by atoms with E-state index >= 15 is 0 Å². The lowest BCUT2D eigenvalue weighted by Gasteiger charge is -1.98. The summed E-state index contributed by atoms with van der Waals surface area (Å²) < 4.78 is 23.0. The van der Waals surface area contributed by atoms with Gasteiger partial charge in [-0.2, -0.15) is 4.98 Å². The number of halogens is 1. The van der Waals surface area contributed by atoms with Crippen LogP contribution in [0.2, 0.25) is 0 Å². The molecular formula is C12H13FN2O3. The molecule has 0 bridgehead atoms. The van der Waals surface area contributed by atoms with Crippen LogP contribution in [-0.4, -0.2) is 29.0 Å². The van der Waals surface area contributed by atoms with E-state index < -0.39 is 5.82 Å². The lowest BCUT2D eigenvalue weighted by atomic mass is 10.2. The van der Waals surface area contributed by atoms with Crippen LogP contribution < -0.4 is 0 Å². The predicted molar refractivity (Wildman–Crippen MR) is 61.6 cm³/mol. The highest BCUT2D eigenvalue weighted by Gasteiger charge is 2.13. The van der Waals surface area contributed by atoms with Gasteiger partial charge in [0.1, 0.15) is 11.6 Å². The number of aromatic hydroxyl groups is 1. The number of aromatic nitrogens is 2. The Labute approximate surface area is 103 Å². The van der Waals surface area contributed by atoms with Gasteiger partial charge in [0.05, 0.1) is 5.56 Å². The van der Waals surface area contributed by atoms with Gasteiger partial charge in [-0.05, 0) is 24.6 Å². The molecule has 6 heteroatoms. The van der Waals surface area contributed by atoms with E-state index in [1.54, 1.807) is 7.11 Å². The number of benzene rings is 1. The monoisotopic (exact) mass is 252 g/mol. The summed E-state index contributed by atoms with van der Waals surface area (Å²) in [7, 11) is 1.62. The van der Waals surface area contributed by atoms with Crippen LogP contribution in [0.15, 0.2) is 22.7 Å². The fourth-order valence-corrected chi connectivity index (χ4v) is 1.52. The Bertz CT molecular complexity index is 528. The van der Waals surface area contributed by atoms with Gasteiger partial charge in [-0.25, -0.2) is 4.39 Å². The first-order valence-corrected chi connectivity index (χ1v) is 5.51. The number of phenolic OH excluding ortho intramolecular Hbond substituents is 1. The number of methoxy groups -OCH3 is 1. The Hall–Kier alpha value is -1.95. The Morgan fingerprint density at radius 1 is 1.44 bits per heavy atom. The Morgan fingerprint density at radius 2 is 2.28 bits per heavy atom. The summed E-state index contributed by atoms with van der Waals surface area (Å²) in [4.78, 5) is 4.09. The summed E-state index contributed by atoms with van der Waals surface area (Å²) in [5, 5.41) is 13.4. The fourth-order valence-electron chi connectivity index (χ4n) is 1.52. The molecule has 96 valence electrons. The zero-order valence-electron chi connectivity index (χ0n) is 9.89. The van der Waals surface area contributed by atoms with E-state index in [0.29, 0.717) is 18.9 Å². The molecule has 0 aliphatic carbocycles. The highest BCUT2D eigenvalue weighted by Crippen LogP contribution is 2.28. The molecular weight excluding hydrogens is 239 g/mol. The van der Waals surface area contributed by atoms with E-state index in [-0.39, 0.29) is 17.2 Å². The van der Waals surface area contributed by atoms with Crippen molar-refractivity contribution in [2.45, 2.75) is 12.8 Å². The van der Waals surface area contributed by atoms with Crippen LogP contribution in [0.25, 0.3) is 11.5 Å². The fraction of sp³-hybridized carbons (Fsp3) is 0.333. The van der Waals surface area contributed by atoms with Gasteiger partial charge < -0.3 is 14.4 Å². The standard InChI is InChI=1S/C12H13FN2O3/c1-17-6-2-3-11-14-12(18-15-11)9-7-8(13)4-5-10(9)16/h4-5,7,16H,2-3,6H2,1H3. The summed E-state index contributed by atoms with van der Waals surface area (Å²) >= 11 is 0. The number of hydrogen-bond donors (Lipinski definition) is 1. The third kappa shape index (κ3) is 2.84. The first kappa shape index (κ1) is 12.5. The summed E-state index contributed by atoms with van der Waals surface area (Å²) in [6, 6.07) is 3.57. The van der Waals surface area contributed by atoms with Crippen LogP contribution in [0.5, 0.6) is 5.75 Å². The molecule has 1 aromatic carbocycles. The number of phenols is 1. The van der Waals surface area contributed by atoms with E-state index in [9.17, 15) is 9.50 Å². The van der Waals surface area contributed by atoms with Gasteiger partial charge in [0.2, 0.25) is 0 Å². The van der Waals surface area contributed by atoms with Crippen molar-refractivity contribution in [2.75, 3.05) is 13.7 Å². The minimum Gasteiger partial charge on any atom is -0.507 e. The first-order valence-electron chi connectivity index (χ1n) is 5.51. The normalized spacial score (nSPS) is 10.8. The molecule has 0 fully saturated rings. The largest absolute Gasteiger partial charge is 0.507 e. The summed E-state index contributed by atoms with van der Waals surface area (Å²) in [6.07, 6.45) is 1.37. The minimum atomic E-state index is -0.470. The van der Waals surface area contributed by atoms with Crippen molar-refractivity contribution in [3.05, 3.63) is 29.8 Å². The SMILES string of the molecule is COCCCc1noc(-c2cc(F)ccc2O)n1. The maximum absolute atomic E-state index is 13.1. The molecule has 0 saturated heterocycles. The molecule has 18 heavy (non-hydrogen) atoms. The first-order chi connectivity index (χ1) is 8.70. The van der Waals surface area contributed by atoms with Crippen molar-refractivity contribution in [1.82, 2.24) is 10.1 Å². The van der Waals surface area contributed by atoms with Crippen molar-refractivity contribution >= 4 is 0 Å². The van der Waals surface area contributed by atoms with E-state index in [1.807, 2.05) is 0 Å². The molecule has 2 rings (SSSR count). The van der Waals surface area contributed by atoms with E-state index in [0.717, 1.165) is 18.6 Å². The van der Waals surface area contributed by atoms with Gasteiger partial charge in [-0.3, -0.25) is 0 Å². The molecule has 1 aromatic heterocycles. The maximum Gasteiger partial charge on any atom is 0.261 e. The third-order valence-corrected chi connectivity index (χ3v) is 2.41. The van der Waals surface area contributed by atoms with Crippen LogP contribution >= 0.6 is 0 Å². The molecule has 0 saturated carbocycles. The molecule has 0 aliphatic heterocycles. The quantitative estimate of drug-likeness (QED) is 0.826. The summed E-state index contributed by atoms with van der Waals surface area (Å²) in [5.41, 5.74) is 0.195. The molecule has 1 heterocycles. The molecule has 0 amide bonds. The maximum atomic E-state index is 13.1. The Morgan fingerprint density at radius 3 is 3.06 bits per heavy atom. The number of hydrogen-bond acceptors (Lipinski definition) is 5. The molecule has 2 aromatic rings. The molecule has 0 radical (unpaired) electrons. The van der Waals surface area contributed by atoms with Gasteiger partial charge in [0.25, 0.3) is 5.89 Å². The lowest BCUT2D eigenvalue weighted by molar-refractivity contribution is 0.194. The van der Waals surface area contributed by atoms with E-state index in [1.165, 1.54) is 6.07 Å². The zero-order valence-corrected chi connectivity index (χ0v) is 9.89. The molecule has 0 unspecified atom stereocenters. The number of rotatable bonds is 5. The molecule has 0 aliphatic rings. The highest BCUT2D eigenvalue weighted by molar-refractivity contribution is 5.61. The van der Waals surface area contributed by atoms with Crippen LogP contribution in [0.1, 0.15) is 12.2 Å². The van der Waals surface area contributed by atoms with Gasteiger partial charge >= 0.3 is 0 Å². The van der Waals surface area contributed by atoms with E-state index in [2.05, 4.69) is 10.1 Å². The van der Waals surface area contributed by atoms with E-state index in [4.69, 9.17) is 9.26 Å². The minimum absolute atomic E-state index is 0.0940. The molecule has 0 spiro atoms. The van der Waals surface area contributed by atoms with Gasteiger partial charge in [-0.1, -0.05) is 5.16 Å². The second-order valence-electron chi connectivity index (χ2n) is 3.77. The second-order valence-corrected chi connectivity index (χ2v) is 3.77. The second kappa shape index (κ2) is 5.59. The van der Waals surface area contributed by atoms with Crippen LogP contribution in [-0.2, 0) is 11.2 Å². The average molecular weight is 252 g/mol. The van der Waals surface area contributed by atoms with Crippen LogP contribution in [0.3, 0.4) is 0 Å². The van der Waals surface area contributed by atoms with Crippen LogP contribution in [0, 0.1) is 5.82 Å². The van der Waals surface area contributed by atoms with Gasteiger partial charge in [0.15, 0.2) is 5.82 Å². The zero-order chi connectivity index (χ0) is 13.0. The van der Waals surface area contributed by atoms with Crippen molar-refractivity contribution < 1.29 is 18.8 Å². The summed E-state index contributed by atoms with van der Waals surface area (Å²) in [6.45, 7) is 0.606. The summed E-state index contributed by atoms with van der Waals surface area (Å²) in [5.74, 6) is 0.0514. The molecule has 1 N–H and O–H groups in total. The Kier molecular flexibility index (Phi) is 3.88. The number of ether oxygens (including phenoxy) is 1. The average Bonchev–Trinajstić information content (AvgIpc) is 2.81. The van der Waals surface area contributed by atoms with Gasteiger partial charge in [-0.15, -0.1) is 0 Å². The van der Waals surface area contributed by atoms with Crippen molar-refractivity contribution in [3.63, 3.8) is 0 Å². The molecule has 0 atom stereocenters. The van der Waals surface area contributed by atoms with Crippen molar-refractivity contribution in [2.24, 2.45) is 0 Å². The van der Waals surface area contributed by atoms with Crippen LogP contribution in [0.4, 0.5) is 4.39 Å². The smallest absolute Gasteiger partial charge is 0.261 e.